The predicted molar refractivity (Wildman–Crippen MR) is 94.5 cm³/mol. The minimum absolute atomic E-state index is 0. The van der Waals surface area contributed by atoms with E-state index in [1.807, 2.05) is 0 Å². The Morgan fingerprint density at radius 3 is 2.73 bits per heavy atom. The molecule has 120 valence electrons. The summed E-state index contributed by atoms with van der Waals surface area (Å²) in [6.45, 7) is 2.73. The zero-order valence-corrected chi connectivity index (χ0v) is 13.9. The van der Waals surface area contributed by atoms with Crippen molar-refractivity contribution in [2.45, 2.75) is 31.5 Å². The number of fused-ring (bicyclic) bond motifs is 1. The lowest BCUT2D eigenvalue weighted by Gasteiger charge is -2.38. The summed E-state index contributed by atoms with van der Waals surface area (Å²) in [5, 5.41) is 2.66. The molecule has 4 heteroatoms. The number of likely N-dealkylation sites (tertiary alicyclic amines) is 1. The first-order chi connectivity index (χ1) is 10.3. The Morgan fingerprint density at radius 2 is 1.95 bits per heavy atom. The molecule has 0 saturated carbocycles. The van der Waals surface area contributed by atoms with Gasteiger partial charge in [0.15, 0.2) is 0 Å². The second-order valence-corrected chi connectivity index (χ2v) is 5.88. The monoisotopic (exact) mass is 320 g/mol. The van der Waals surface area contributed by atoms with Crippen molar-refractivity contribution >= 4 is 23.2 Å². The van der Waals surface area contributed by atoms with Gasteiger partial charge in [0.2, 0.25) is 0 Å². The summed E-state index contributed by atoms with van der Waals surface area (Å²) in [5.74, 6) is 0. The molecule has 0 amide bonds. The summed E-state index contributed by atoms with van der Waals surface area (Å²) in [5.41, 5.74) is 7.37. The van der Waals surface area contributed by atoms with Crippen molar-refractivity contribution in [2.75, 3.05) is 20.2 Å². The van der Waals surface area contributed by atoms with Crippen LogP contribution in [0.5, 0.6) is 0 Å². The Bertz CT molecular complexity index is 599. The van der Waals surface area contributed by atoms with Gasteiger partial charge >= 0.3 is 0 Å². The summed E-state index contributed by atoms with van der Waals surface area (Å²) < 4.78 is 5.51. The van der Waals surface area contributed by atoms with Gasteiger partial charge in [0.1, 0.15) is 0 Å². The molecule has 2 unspecified atom stereocenters. The van der Waals surface area contributed by atoms with Gasteiger partial charge in [0, 0.05) is 32.8 Å². The van der Waals surface area contributed by atoms with Crippen LogP contribution in [0.15, 0.2) is 42.5 Å². The molecular weight excluding hydrogens is 296 g/mol. The summed E-state index contributed by atoms with van der Waals surface area (Å²) in [7, 11) is 1.80. The Labute approximate surface area is 138 Å². The van der Waals surface area contributed by atoms with Gasteiger partial charge in [0.25, 0.3) is 0 Å². The van der Waals surface area contributed by atoms with Gasteiger partial charge in [-0.2, -0.15) is 0 Å². The Kier molecular flexibility index (Phi) is 6.21. The van der Waals surface area contributed by atoms with Crippen LogP contribution < -0.4 is 5.73 Å². The van der Waals surface area contributed by atoms with Gasteiger partial charge in [-0.15, -0.1) is 12.4 Å². The summed E-state index contributed by atoms with van der Waals surface area (Å²) in [6, 6.07) is 15.6. The summed E-state index contributed by atoms with van der Waals surface area (Å²) >= 11 is 0. The van der Waals surface area contributed by atoms with E-state index < -0.39 is 0 Å². The molecule has 22 heavy (non-hydrogen) atoms. The van der Waals surface area contributed by atoms with E-state index in [1.54, 1.807) is 7.11 Å². The second-order valence-electron chi connectivity index (χ2n) is 5.88. The molecule has 0 aromatic heterocycles. The van der Waals surface area contributed by atoms with Crippen molar-refractivity contribution in [1.82, 2.24) is 4.90 Å². The summed E-state index contributed by atoms with van der Waals surface area (Å²) in [4.78, 5) is 2.51. The fraction of sp³-hybridized carbons (Fsp3) is 0.444. The van der Waals surface area contributed by atoms with Crippen LogP contribution in [-0.2, 0) is 11.3 Å². The van der Waals surface area contributed by atoms with Gasteiger partial charge in [0.05, 0.1) is 6.10 Å². The fourth-order valence-electron chi connectivity index (χ4n) is 3.38. The van der Waals surface area contributed by atoms with E-state index >= 15 is 0 Å². The molecule has 0 radical (unpaired) electrons. The Hall–Kier alpha value is -1.13. The SMILES string of the molecule is COC1CCN(Cc2cccc3ccccc23)C(CN)C1.Cl. The number of hydrogen-bond acceptors (Lipinski definition) is 3. The molecule has 2 atom stereocenters. The van der Waals surface area contributed by atoms with Gasteiger partial charge in [-0.25, -0.2) is 0 Å². The van der Waals surface area contributed by atoms with E-state index in [9.17, 15) is 0 Å². The third-order valence-electron chi connectivity index (χ3n) is 4.65. The van der Waals surface area contributed by atoms with Crippen LogP contribution in [0, 0.1) is 0 Å². The smallest absolute Gasteiger partial charge is 0.0599 e. The largest absolute Gasteiger partial charge is 0.381 e. The number of hydrogen-bond donors (Lipinski definition) is 1. The highest BCUT2D eigenvalue weighted by Crippen LogP contribution is 2.25. The lowest BCUT2D eigenvalue weighted by atomic mass is 9.97. The molecule has 0 spiro atoms. The van der Waals surface area contributed by atoms with Crippen molar-refractivity contribution in [3.63, 3.8) is 0 Å². The lowest BCUT2D eigenvalue weighted by Crippen LogP contribution is -2.47. The predicted octanol–water partition coefficient (Wildman–Crippen LogP) is 3.20. The molecule has 2 aromatic carbocycles. The molecule has 0 aliphatic carbocycles. The maximum absolute atomic E-state index is 5.98. The van der Waals surface area contributed by atoms with Gasteiger partial charge in [-0.05, 0) is 29.2 Å². The van der Waals surface area contributed by atoms with Crippen LogP contribution in [0.25, 0.3) is 10.8 Å². The lowest BCUT2D eigenvalue weighted by molar-refractivity contribution is 0.0104. The number of nitrogens with zero attached hydrogens (tertiary/aromatic N) is 1. The molecule has 1 aliphatic rings. The van der Waals surface area contributed by atoms with Gasteiger partial charge in [-0.3, -0.25) is 4.90 Å². The number of rotatable bonds is 4. The molecule has 1 aliphatic heterocycles. The van der Waals surface area contributed by atoms with Gasteiger partial charge in [-0.1, -0.05) is 42.5 Å². The summed E-state index contributed by atoms with van der Waals surface area (Å²) in [6.07, 6.45) is 2.50. The van der Waals surface area contributed by atoms with Crippen molar-refractivity contribution in [3.05, 3.63) is 48.0 Å². The second kappa shape index (κ2) is 7.93. The van der Waals surface area contributed by atoms with Crippen molar-refractivity contribution in [2.24, 2.45) is 5.73 Å². The first-order valence-electron chi connectivity index (χ1n) is 7.75. The van der Waals surface area contributed by atoms with Crippen LogP contribution in [0.2, 0.25) is 0 Å². The molecule has 1 saturated heterocycles. The Balaban J connectivity index is 0.00000176. The Morgan fingerprint density at radius 1 is 1.18 bits per heavy atom. The van der Waals surface area contributed by atoms with E-state index in [2.05, 4.69) is 47.4 Å². The van der Waals surface area contributed by atoms with E-state index in [-0.39, 0.29) is 12.4 Å². The minimum Gasteiger partial charge on any atom is -0.381 e. The number of methoxy groups -OCH3 is 1. The number of halogens is 1. The number of benzene rings is 2. The number of nitrogens with two attached hydrogens (primary N) is 1. The highest BCUT2D eigenvalue weighted by Gasteiger charge is 2.27. The number of ether oxygens (including phenoxy) is 1. The zero-order valence-electron chi connectivity index (χ0n) is 13.1. The van der Waals surface area contributed by atoms with Crippen LogP contribution in [0.1, 0.15) is 18.4 Å². The first kappa shape index (κ1) is 17.2. The highest BCUT2D eigenvalue weighted by atomic mass is 35.5. The molecule has 3 rings (SSSR count). The van der Waals surface area contributed by atoms with Crippen LogP contribution in [-0.4, -0.2) is 37.2 Å². The van der Waals surface area contributed by atoms with Crippen molar-refractivity contribution in [3.8, 4) is 0 Å². The van der Waals surface area contributed by atoms with Crippen LogP contribution in [0.4, 0.5) is 0 Å². The topological polar surface area (TPSA) is 38.5 Å². The van der Waals surface area contributed by atoms with E-state index in [0.717, 1.165) is 25.9 Å². The molecule has 1 fully saturated rings. The maximum Gasteiger partial charge on any atom is 0.0599 e. The molecule has 2 aromatic rings. The molecule has 0 bridgehead atoms. The molecule has 3 nitrogen and oxygen atoms in total. The molecule has 1 heterocycles. The first-order valence-corrected chi connectivity index (χ1v) is 7.75. The van der Waals surface area contributed by atoms with E-state index in [0.29, 0.717) is 18.7 Å². The number of piperidine rings is 1. The normalized spacial score (nSPS) is 22.5. The standard InChI is InChI=1S/C18H24N2O.ClH/c1-21-17-9-10-20(16(11-17)12-19)13-15-7-4-6-14-5-2-3-8-18(14)15;/h2-8,16-17H,9-13,19H2,1H3;1H. The van der Waals surface area contributed by atoms with E-state index in [1.165, 1.54) is 16.3 Å². The third kappa shape index (κ3) is 3.61. The van der Waals surface area contributed by atoms with Crippen LogP contribution >= 0.6 is 12.4 Å². The quantitative estimate of drug-likeness (QED) is 0.940. The van der Waals surface area contributed by atoms with Crippen molar-refractivity contribution in [1.29, 1.82) is 0 Å². The average Bonchev–Trinajstić information content (AvgIpc) is 2.55. The molecule has 2 N–H and O–H groups in total. The van der Waals surface area contributed by atoms with Gasteiger partial charge < -0.3 is 10.5 Å². The zero-order chi connectivity index (χ0) is 14.7. The van der Waals surface area contributed by atoms with Crippen LogP contribution in [0.3, 0.4) is 0 Å². The maximum atomic E-state index is 5.98. The highest BCUT2D eigenvalue weighted by molar-refractivity contribution is 5.85. The van der Waals surface area contributed by atoms with E-state index in [4.69, 9.17) is 10.5 Å². The third-order valence-corrected chi connectivity index (χ3v) is 4.65. The van der Waals surface area contributed by atoms with Crippen molar-refractivity contribution < 1.29 is 4.74 Å². The minimum atomic E-state index is 0. The average molecular weight is 321 g/mol. The fourth-order valence-corrected chi connectivity index (χ4v) is 3.38. The molecular formula is C18H25ClN2O.